The van der Waals surface area contributed by atoms with Crippen molar-refractivity contribution in [1.82, 2.24) is 4.57 Å². The molecule has 0 amide bonds. The number of carbonyl (C=O) groups is 2. The number of hydrogen-bond acceptors (Lipinski definition) is 5. The first-order valence-corrected chi connectivity index (χ1v) is 5.98. The molecule has 0 radical (unpaired) electrons. The van der Waals surface area contributed by atoms with Crippen molar-refractivity contribution in [2.45, 2.75) is 11.8 Å². The third-order valence-electron chi connectivity index (χ3n) is 1.95. The lowest BCUT2D eigenvalue weighted by molar-refractivity contribution is -0.137. The highest BCUT2D eigenvalue weighted by molar-refractivity contribution is 7.86. The monoisotopic (exact) mass is 263 g/mol. The highest BCUT2D eigenvalue weighted by Gasteiger charge is 2.24. The van der Waals surface area contributed by atoms with Crippen LogP contribution in [0.4, 0.5) is 3.89 Å². The number of rotatable bonds is 4. The van der Waals surface area contributed by atoms with E-state index in [4.69, 9.17) is 0 Å². The van der Waals surface area contributed by atoms with E-state index >= 15 is 0 Å². The second-order valence-corrected chi connectivity index (χ2v) is 4.51. The zero-order chi connectivity index (χ0) is 13.2. The maximum atomic E-state index is 12.7. The average molecular weight is 263 g/mol. The number of ether oxygens (including phenoxy) is 1. The minimum atomic E-state index is -4.90. The Balaban J connectivity index is 3.12. The van der Waals surface area contributed by atoms with Gasteiger partial charge in [0.1, 0.15) is 4.90 Å². The maximum absolute atomic E-state index is 12.7. The average Bonchev–Trinajstić information content (AvgIpc) is 2.59. The lowest BCUT2D eigenvalue weighted by Crippen LogP contribution is -2.19. The van der Waals surface area contributed by atoms with Crippen LogP contribution in [0.3, 0.4) is 0 Å². The molecule has 0 aliphatic rings. The number of hydrogen-bond donors (Lipinski definition) is 0. The van der Waals surface area contributed by atoms with Crippen molar-refractivity contribution in [2.24, 2.45) is 7.05 Å². The van der Waals surface area contributed by atoms with Crippen LogP contribution in [-0.2, 0) is 26.8 Å². The third kappa shape index (κ3) is 2.90. The topological polar surface area (TPSA) is 82.4 Å². The van der Waals surface area contributed by atoms with Crippen LogP contribution >= 0.6 is 0 Å². The quantitative estimate of drug-likeness (QED) is 0.340. The molecule has 0 atom stereocenters. The Hall–Kier alpha value is -1.70. The SMILES string of the molecule is CCOC(=O)C(=O)c1cc(S(=O)(=O)F)cn1C. The van der Waals surface area contributed by atoms with E-state index < -0.39 is 26.9 Å². The number of nitrogens with zero attached hydrogens (tertiary/aromatic N) is 1. The summed E-state index contributed by atoms with van der Waals surface area (Å²) in [7, 11) is -3.58. The molecule has 0 unspecified atom stereocenters. The van der Waals surface area contributed by atoms with Crippen LogP contribution in [0.5, 0.6) is 0 Å². The smallest absolute Gasteiger partial charge is 0.381 e. The summed E-state index contributed by atoms with van der Waals surface area (Å²) < 4.78 is 39.4. The Morgan fingerprint density at radius 1 is 1.47 bits per heavy atom. The molecule has 0 saturated heterocycles. The standard InChI is InChI=1S/C9H10FNO5S/c1-3-16-9(13)8(12)7-4-6(5-11(7)2)17(10,14)15/h4-5H,3H2,1-2H3. The van der Waals surface area contributed by atoms with E-state index in [-0.39, 0.29) is 12.3 Å². The van der Waals surface area contributed by atoms with Crippen LogP contribution in [0, 0.1) is 0 Å². The summed E-state index contributed by atoms with van der Waals surface area (Å²) in [6, 6.07) is 0.786. The molecule has 0 fully saturated rings. The van der Waals surface area contributed by atoms with E-state index in [1.807, 2.05) is 0 Å². The number of aryl methyl sites for hydroxylation is 1. The summed E-state index contributed by atoms with van der Waals surface area (Å²) in [4.78, 5) is 21.9. The van der Waals surface area contributed by atoms with E-state index in [2.05, 4.69) is 4.74 Å². The molecular formula is C9H10FNO5S. The highest BCUT2D eigenvalue weighted by Crippen LogP contribution is 2.16. The van der Waals surface area contributed by atoms with Crippen molar-refractivity contribution in [2.75, 3.05) is 6.61 Å². The third-order valence-corrected chi connectivity index (χ3v) is 2.74. The van der Waals surface area contributed by atoms with Gasteiger partial charge in [-0.3, -0.25) is 4.79 Å². The fourth-order valence-electron chi connectivity index (χ4n) is 1.19. The highest BCUT2D eigenvalue weighted by atomic mass is 32.3. The Morgan fingerprint density at radius 3 is 2.47 bits per heavy atom. The van der Waals surface area contributed by atoms with Gasteiger partial charge < -0.3 is 9.30 Å². The van der Waals surface area contributed by atoms with Crippen molar-refractivity contribution in [3.05, 3.63) is 18.0 Å². The molecule has 1 heterocycles. The number of halogens is 1. The number of carbonyl (C=O) groups excluding carboxylic acids is 2. The molecule has 1 aromatic rings. The summed E-state index contributed by atoms with van der Waals surface area (Å²) >= 11 is 0. The van der Waals surface area contributed by atoms with Crippen molar-refractivity contribution in [3.63, 3.8) is 0 Å². The Morgan fingerprint density at radius 2 is 2.06 bits per heavy atom. The largest absolute Gasteiger partial charge is 0.460 e. The molecule has 0 spiro atoms. The minimum Gasteiger partial charge on any atom is -0.460 e. The zero-order valence-electron chi connectivity index (χ0n) is 9.14. The fraction of sp³-hybridized carbons (Fsp3) is 0.333. The molecule has 94 valence electrons. The van der Waals surface area contributed by atoms with Crippen molar-refractivity contribution < 1.29 is 26.6 Å². The van der Waals surface area contributed by atoms with Gasteiger partial charge in [-0.1, -0.05) is 0 Å². The summed E-state index contributed by atoms with van der Waals surface area (Å²) in [5.41, 5.74) is -0.250. The summed E-state index contributed by atoms with van der Waals surface area (Å²) in [5, 5.41) is 0. The molecule has 8 heteroatoms. The van der Waals surface area contributed by atoms with Gasteiger partial charge >= 0.3 is 16.2 Å². The van der Waals surface area contributed by atoms with Gasteiger partial charge in [-0.15, -0.1) is 3.89 Å². The van der Waals surface area contributed by atoms with Gasteiger partial charge in [0.15, 0.2) is 0 Å². The van der Waals surface area contributed by atoms with E-state index in [1.165, 1.54) is 14.0 Å². The summed E-state index contributed by atoms with van der Waals surface area (Å²) in [6.07, 6.45) is 0.905. The molecule has 0 bridgehead atoms. The predicted molar refractivity (Wildman–Crippen MR) is 54.7 cm³/mol. The molecule has 0 aromatic carbocycles. The van der Waals surface area contributed by atoms with Gasteiger partial charge in [-0.25, -0.2) is 4.79 Å². The summed E-state index contributed by atoms with van der Waals surface area (Å²) in [6.45, 7) is 1.54. The van der Waals surface area contributed by atoms with Crippen molar-refractivity contribution in [1.29, 1.82) is 0 Å². The Bertz CT molecular complexity index is 560. The van der Waals surface area contributed by atoms with Crippen LogP contribution in [0.25, 0.3) is 0 Å². The first kappa shape index (κ1) is 13.4. The van der Waals surface area contributed by atoms with Gasteiger partial charge in [0.2, 0.25) is 0 Å². The molecule has 1 aromatic heterocycles. The lowest BCUT2D eigenvalue weighted by atomic mass is 10.3. The van der Waals surface area contributed by atoms with Crippen molar-refractivity contribution in [3.8, 4) is 0 Å². The molecular weight excluding hydrogens is 253 g/mol. The van der Waals surface area contributed by atoms with Gasteiger partial charge in [-0.05, 0) is 13.0 Å². The fourth-order valence-corrected chi connectivity index (χ4v) is 1.73. The molecule has 0 N–H and O–H groups in total. The minimum absolute atomic E-state index is 0.0171. The number of Topliss-reactive ketones (excluding diaryl/α,β-unsaturated/α-hetero) is 1. The molecule has 0 aliphatic heterocycles. The van der Waals surface area contributed by atoms with Gasteiger partial charge in [-0.2, -0.15) is 8.42 Å². The van der Waals surface area contributed by atoms with E-state index in [9.17, 15) is 21.9 Å². The van der Waals surface area contributed by atoms with Crippen LogP contribution in [0.2, 0.25) is 0 Å². The van der Waals surface area contributed by atoms with Crippen LogP contribution < -0.4 is 0 Å². The number of esters is 1. The Kier molecular flexibility index (Phi) is 3.66. The van der Waals surface area contributed by atoms with Gasteiger partial charge in [0.25, 0.3) is 5.78 Å². The summed E-state index contributed by atoms with van der Waals surface area (Å²) in [5.74, 6) is -2.14. The first-order valence-electron chi connectivity index (χ1n) is 4.59. The second-order valence-electron chi connectivity index (χ2n) is 3.16. The van der Waals surface area contributed by atoms with E-state index in [1.54, 1.807) is 0 Å². The van der Waals surface area contributed by atoms with Gasteiger partial charge in [0, 0.05) is 13.2 Å². The molecule has 0 aliphatic carbocycles. The first-order chi connectivity index (χ1) is 7.77. The second kappa shape index (κ2) is 4.66. The number of ketones is 1. The van der Waals surface area contributed by atoms with Gasteiger partial charge in [0.05, 0.1) is 12.3 Å². The molecule has 1 rings (SSSR count). The normalized spacial score (nSPS) is 11.2. The number of aromatic nitrogens is 1. The lowest BCUT2D eigenvalue weighted by Gasteiger charge is -2.01. The van der Waals surface area contributed by atoms with Crippen molar-refractivity contribution >= 4 is 22.0 Å². The predicted octanol–water partition coefficient (Wildman–Crippen LogP) is 0.429. The van der Waals surface area contributed by atoms with E-state index in [0.29, 0.717) is 0 Å². The van der Waals surface area contributed by atoms with Crippen LogP contribution in [0.15, 0.2) is 17.2 Å². The van der Waals surface area contributed by atoms with E-state index in [0.717, 1.165) is 16.8 Å². The molecule has 0 saturated carbocycles. The Labute approximate surface area is 97.2 Å². The zero-order valence-corrected chi connectivity index (χ0v) is 9.95. The van der Waals surface area contributed by atoms with Crippen LogP contribution in [0.1, 0.15) is 17.4 Å². The molecule has 6 nitrogen and oxygen atoms in total. The maximum Gasteiger partial charge on any atom is 0.381 e. The molecule has 17 heavy (non-hydrogen) atoms. The van der Waals surface area contributed by atoms with Crippen LogP contribution in [-0.4, -0.2) is 31.3 Å².